The quantitative estimate of drug-likeness (QED) is 0.735. The standard InChI is InChI=1S/C11H21FN2/c12-11(5-3-10(13)4-6-11)9-14-7-1-2-8-14/h10H,1-9,13H2. The van der Waals surface area contributed by atoms with Crippen molar-refractivity contribution in [3.8, 4) is 0 Å². The van der Waals surface area contributed by atoms with Crippen LogP contribution in [0.5, 0.6) is 0 Å². The second-order valence-corrected chi connectivity index (χ2v) is 4.97. The zero-order valence-corrected chi connectivity index (χ0v) is 8.84. The normalized spacial score (nSPS) is 40.3. The highest BCUT2D eigenvalue weighted by atomic mass is 19.1. The minimum absolute atomic E-state index is 0.248. The molecule has 14 heavy (non-hydrogen) atoms. The average Bonchev–Trinajstić information content (AvgIpc) is 2.63. The SMILES string of the molecule is NC1CCC(F)(CN2CCCC2)CC1. The Morgan fingerprint density at radius 3 is 2.36 bits per heavy atom. The number of rotatable bonds is 2. The third-order valence-corrected chi connectivity index (χ3v) is 3.63. The summed E-state index contributed by atoms with van der Waals surface area (Å²) in [4.78, 5) is 2.27. The van der Waals surface area contributed by atoms with Gasteiger partial charge < -0.3 is 10.6 Å². The Labute approximate surface area is 85.6 Å². The molecule has 2 rings (SSSR count). The molecule has 0 aromatic carbocycles. The lowest BCUT2D eigenvalue weighted by Gasteiger charge is -2.35. The lowest BCUT2D eigenvalue weighted by Crippen LogP contribution is -2.43. The highest BCUT2D eigenvalue weighted by Gasteiger charge is 2.36. The minimum atomic E-state index is -0.930. The van der Waals surface area contributed by atoms with Crippen LogP contribution in [0.15, 0.2) is 0 Å². The van der Waals surface area contributed by atoms with Crippen molar-refractivity contribution in [3.05, 3.63) is 0 Å². The van der Waals surface area contributed by atoms with E-state index < -0.39 is 5.67 Å². The van der Waals surface area contributed by atoms with Crippen LogP contribution in [-0.2, 0) is 0 Å². The summed E-state index contributed by atoms with van der Waals surface area (Å²) in [5, 5.41) is 0. The van der Waals surface area contributed by atoms with Gasteiger partial charge in [-0.1, -0.05) is 0 Å². The van der Waals surface area contributed by atoms with Gasteiger partial charge in [0.1, 0.15) is 5.67 Å². The number of hydrogen-bond acceptors (Lipinski definition) is 2. The molecule has 2 nitrogen and oxygen atoms in total. The van der Waals surface area contributed by atoms with E-state index in [0.29, 0.717) is 19.4 Å². The van der Waals surface area contributed by atoms with Crippen molar-refractivity contribution in [1.29, 1.82) is 0 Å². The van der Waals surface area contributed by atoms with E-state index in [0.717, 1.165) is 25.9 Å². The maximum Gasteiger partial charge on any atom is 0.123 e. The van der Waals surface area contributed by atoms with Crippen LogP contribution in [0.3, 0.4) is 0 Å². The van der Waals surface area contributed by atoms with Crippen LogP contribution in [0.2, 0.25) is 0 Å². The molecule has 0 aromatic heterocycles. The van der Waals surface area contributed by atoms with Crippen LogP contribution in [0.25, 0.3) is 0 Å². The van der Waals surface area contributed by atoms with Gasteiger partial charge in [0.05, 0.1) is 0 Å². The second-order valence-electron chi connectivity index (χ2n) is 4.97. The Balaban J connectivity index is 1.82. The van der Waals surface area contributed by atoms with Crippen molar-refractivity contribution in [2.45, 2.75) is 50.2 Å². The molecule has 82 valence electrons. The smallest absolute Gasteiger partial charge is 0.123 e. The maximum atomic E-state index is 14.3. The third kappa shape index (κ3) is 2.45. The van der Waals surface area contributed by atoms with E-state index in [1.54, 1.807) is 0 Å². The molecule has 1 heterocycles. The number of halogens is 1. The Kier molecular flexibility index (Phi) is 3.07. The summed E-state index contributed by atoms with van der Waals surface area (Å²) >= 11 is 0. The lowest BCUT2D eigenvalue weighted by molar-refractivity contribution is 0.0590. The fourth-order valence-corrected chi connectivity index (χ4v) is 2.66. The number of nitrogens with two attached hydrogens (primary N) is 1. The first-order chi connectivity index (χ1) is 6.68. The summed E-state index contributed by atoms with van der Waals surface area (Å²) in [7, 11) is 0. The van der Waals surface area contributed by atoms with E-state index in [-0.39, 0.29) is 6.04 Å². The predicted octanol–water partition coefficient (Wildman–Crippen LogP) is 1.69. The van der Waals surface area contributed by atoms with E-state index in [2.05, 4.69) is 4.90 Å². The molecule has 2 N–H and O–H groups in total. The summed E-state index contributed by atoms with van der Waals surface area (Å²) in [6.07, 6.45) is 5.56. The number of likely N-dealkylation sites (tertiary alicyclic amines) is 1. The Hall–Kier alpha value is -0.150. The lowest BCUT2D eigenvalue weighted by atomic mass is 9.83. The molecule has 0 spiro atoms. The summed E-state index contributed by atoms with van der Waals surface area (Å²) < 4.78 is 14.3. The van der Waals surface area contributed by atoms with E-state index >= 15 is 0 Å². The van der Waals surface area contributed by atoms with Crippen molar-refractivity contribution in [2.75, 3.05) is 19.6 Å². The predicted molar refractivity (Wildman–Crippen MR) is 56.0 cm³/mol. The summed E-state index contributed by atoms with van der Waals surface area (Å²) in [5.41, 5.74) is 4.85. The molecule has 1 aliphatic carbocycles. The van der Waals surface area contributed by atoms with Crippen LogP contribution >= 0.6 is 0 Å². The zero-order valence-electron chi connectivity index (χ0n) is 8.84. The Morgan fingerprint density at radius 1 is 1.21 bits per heavy atom. The van der Waals surface area contributed by atoms with Crippen LogP contribution in [-0.4, -0.2) is 36.2 Å². The molecule has 0 aromatic rings. The molecule has 2 fully saturated rings. The monoisotopic (exact) mass is 200 g/mol. The van der Waals surface area contributed by atoms with E-state index in [4.69, 9.17) is 5.73 Å². The Morgan fingerprint density at radius 2 is 1.79 bits per heavy atom. The molecular weight excluding hydrogens is 179 g/mol. The molecule has 0 bridgehead atoms. The van der Waals surface area contributed by atoms with Crippen LogP contribution < -0.4 is 5.73 Å². The molecule has 0 amide bonds. The number of alkyl halides is 1. The maximum absolute atomic E-state index is 14.3. The van der Waals surface area contributed by atoms with Crippen molar-refractivity contribution in [2.24, 2.45) is 5.73 Å². The van der Waals surface area contributed by atoms with Crippen LogP contribution in [0.1, 0.15) is 38.5 Å². The van der Waals surface area contributed by atoms with Gasteiger partial charge in [-0.2, -0.15) is 0 Å². The fraction of sp³-hybridized carbons (Fsp3) is 1.00. The van der Waals surface area contributed by atoms with E-state index in [9.17, 15) is 4.39 Å². The molecule has 0 radical (unpaired) electrons. The van der Waals surface area contributed by atoms with E-state index in [1.165, 1.54) is 12.8 Å². The van der Waals surface area contributed by atoms with Crippen molar-refractivity contribution >= 4 is 0 Å². The van der Waals surface area contributed by atoms with Gasteiger partial charge >= 0.3 is 0 Å². The first-order valence-electron chi connectivity index (χ1n) is 5.85. The molecule has 2 aliphatic rings. The molecule has 0 unspecified atom stereocenters. The number of nitrogens with zero attached hydrogens (tertiary/aromatic N) is 1. The average molecular weight is 200 g/mol. The molecule has 1 aliphatic heterocycles. The highest BCUT2D eigenvalue weighted by molar-refractivity contribution is 4.90. The largest absolute Gasteiger partial charge is 0.328 e. The fourth-order valence-electron chi connectivity index (χ4n) is 2.66. The third-order valence-electron chi connectivity index (χ3n) is 3.63. The van der Waals surface area contributed by atoms with Crippen molar-refractivity contribution < 1.29 is 4.39 Å². The topological polar surface area (TPSA) is 29.3 Å². The van der Waals surface area contributed by atoms with Crippen molar-refractivity contribution in [1.82, 2.24) is 4.90 Å². The van der Waals surface area contributed by atoms with Crippen LogP contribution in [0.4, 0.5) is 4.39 Å². The number of hydrogen-bond donors (Lipinski definition) is 1. The highest BCUT2D eigenvalue weighted by Crippen LogP contribution is 2.32. The molecule has 3 heteroatoms. The molecule has 0 atom stereocenters. The Bertz CT molecular complexity index is 182. The van der Waals surface area contributed by atoms with Gasteiger partial charge in [0.15, 0.2) is 0 Å². The van der Waals surface area contributed by atoms with Gasteiger partial charge in [-0.05, 0) is 51.6 Å². The zero-order chi connectivity index (χ0) is 10.0. The van der Waals surface area contributed by atoms with E-state index in [1.807, 2.05) is 0 Å². The van der Waals surface area contributed by atoms with Gasteiger partial charge in [-0.3, -0.25) is 0 Å². The first kappa shape index (κ1) is 10.4. The molecule has 1 saturated carbocycles. The van der Waals surface area contributed by atoms with Gasteiger partial charge in [0.2, 0.25) is 0 Å². The second kappa shape index (κ2) is 4.15. The first-order valence-corrected chi connectivity index (χ1v) is 5.85. The van der Waals surface area contributed by atoms with Gasteiger partial charge in [0.25, 0.3) is 0 Å². The molecule has 1 saturated heterocycles. The van der Waals surface area contributed by atoms with Gasteiger partial charge in [-0.15, -0.1) is 0 Å². The summed E-state index contributed by atoms with van der Waals surface area (Å²) in [6.45, 7) is 2.84. The van der Waals surface area contributed by atoms with Gasteiger partial charge in [0, 0.05) is 12.6 Å². The summed E-state index contributed by atoms with van der Waals surface area (Å²) in [6, 6.07) is 0.248. The van der Waals surface area contributed by atoms with Gasteiger partial charge in [-0.25, -0.2) is 4.39 Å². The molecular formula is C11H21FN2. The van der Waals surface area contributed by atoms with Crippen LogP contribution in [0, 0.1) is 0 Å². The summed E-state index contributed by atoms with van der Waals surface area (Å²) in [5.74, 6) is 0. The van der Waals surface area contributed by atoms with Crippen molar-refractivity contribution in [3.63, 3.8) is 0 Å². The minimum Gasteiger partial charge on any atom is -0.328 e.